The fourth-order valence-electron chi connectivity index (χ4n) is 3.82. The molecular weight excluding hydrogens is 406 g/mol. The highest BCUT2D eigenvalue weighted by Gasteiger charge is 2.46. The molecule has 3 aromatic rings. The second-order valence-corrected chi connectivity index (χ2v) is 7.79. The van der Waals surface area contributed by atoms with Gasteiger partial charge in [-0.05, 0) is 43.2 Å². The van der Waals surface area contributed by atoms with Crippen molar-refractivity contribution in [2.45, 2.75) is 32.9 Å². The molecule has 1 aromatic heterocycles. The number of hydrogen-bond acceptors (Lipinski definition) is 5. The first-order valence-corrected chi connectivity index (χ1v) is 10.6. The number of furan rings is 1. The van der Waals surface area contributed by atoms with Crippen molar-refractivity contribution >= 4 is 17.4 Å². The average Bonchev–Trinajstić information content (AvgIpc) is 3.40. The first-order chi connectivity index (χ1) is 15.5. The van der Waals surface area contributed by atoms with E-state index >= 15 is 0 Å². The molecule has 0 bridgehead atoms. The Kier molecular flexibility index (Phi) is 6.12. The van der Waals surface area contributed by atoms with Crippen LogP contribution in [0.25, 0.3) is 5.76 Å². The van der Waals surface area contributed by atoms with Crippen LogP contribution in [0.5, 0.6) is 5.75 Å². The van der Waals surface area contributed by atoms with Gasteiger partial charge in [-0.1, -0.05) is 48.9 Å². The van der Waals surface area contributed by atoms with Gasteiger partial charge in [0.2, 0.25) is 0 Å². The molecule has 1 amide bonds. The number of carbonyl (C=O) groups is 2. The zero-order valence-corrected chi connectivity index (χ0v) is 18.1. The quantitative estimate of drug-likeness (QED) is 0.324. The minimum absolute atomic E-state index is 0.0538. The largest absolute Gasteiger partial charge is 0.507 e. The van der Waals surface area contributed by atoms with E-state index in [1.807, 2.05) is 38.1 Å². The summed E-state index contributed by atoms with van der Waals surface area (Å²) >= 11 is 0. The van der Waals surface area contributed by atoms with Gasteiger partial charge in [0.05, 0.1) is 31.0 Å². The standard InChI is InChI=1S/C26H25NO5/c1-3-13-31-20-7-4-6-19(15-20)24(28)22-23(18-11-9-17(2)10-12-18)27(26(30)25(22)29)16-21-8-5-14-32-21/h4-12,14-15,23,28H,3,13,16H2,1-2H3. The lowest BCUT2D eigenvalue weighted by atomic mass is 9.94. The molecule has 164 valence electrons. The van der Waals surface area contributed by atoms with E-state index in [1.165, 1.54) is 11.2 Å². The van der Waals surface area contributed by atoms with Crippen LogP contribution in [-0.4, -0.2) is 28.3 Å². The molecule has 1 N–H and O–H groups in total. The van der Waals surface area contributed by atoms with Crippen LogP contribution >= 0.6 is 0 Å². The number of carbonyl (C=O) groups excluding carboxylic acids is 2. The predicted octanol–water partition coefficient (Wildman–Crippen LogP) is 5.00. The van der Waals surface area contributed by atoms with E-state index in [2.05, 4.69) is 0 Å². The summed E-state index contributed by atoms with van der Waals surface area (Å²) in [6.07, 6.45) is 2.37. The zero-order chi connectivity index (χ0) is 22.7. The molecule has 1 fully saturated rings. The topological polar surface area (TPSA) is 80.0 Å². The van der Waals surface area contributed by atoms with E-state index in [4.69, 9.17) is 9.15 Å². The van der Waals surface area contributed by atoms with Gasteiger partial charge in [-0.15, -0.1) is 0 Å². The highest BCUT2D eigenvalue weighted by atomic mass is 16.5. The first kappa shape index (κ1) is 21.4. The number of ether oxygens (including phenoxy) is 1. The Morgan fingerprint density at radius 1 is 1.09 bits per heavy atom. The smallest absolute Gasteiger partial charge is 0.296 e. The van der Waals surface area contributed by atoms with Gasteiger partial charge in [-0.3, -0.25) is 9.59 Å². The Morgan fingerprint density at radius 2 is 1.88 bits per heavy atom. The number of aliphatic hydroxyl groups excluding tert-OH is 1. The number of amides is 1. The number of ketones is 1. The third-order valence-electron chi connectivity index (χ3n) is 5.42. The van der Waals surface area contributed by atoms with Crippen molar-refractivity contribution in [1.29, 1.82) is 0 Å². The average molecular weight is 431 g/mol. The third kappa shape index (κ3) is 4.17. The lowest BCUT2D eigenvalue weighted by Crippen LogP contribution is -2.29. The number of rotatable bonds is 7. The van der Waals surface area contributed by atoms with E-state index in [1.54, 1.807) is 36.4 Å². The van der Waals surface area contributed by atoms with Gasteiger partial charge >= 0.3 is 0 Å². The van der Waals surface area contributed by atoms with Crippen molar-refractivity contribution in [2.75, 3.05) is 6.61 Å². The van der Waals surface area contributed by atoms with Gasteiger partial charge in [-0.2, -0.15) is 0 Å². The van der Waals surface area contributed by atoms with E-state index in [0.717, 1.165) is 17.5 Å². The molecule has 6 nitrogen and oxygen atoms in total. The number of nitrogens with zero attached hydrogens (tertiary/aromatic N) is 1. The monoisotopic (exact) mass is 431 g/mol. The summed E-state index contributed by atoms with van der Waals surface area (Å²) in [6.45, 7) is 4.63. The number of Topliss-reactive ketones (excluding diaryl/α,β-unsaturated/α-hetero) is 1. The van der Waals surface area contributed by atoms with Gasteiger partial charge in [0.1, 0.15) is 17.3 Å². The van der Waals surface area contributed by atoms with Crippen molar-refractivity contribution in [3.8, 4) is 5.75 Å². The summed E-state index contributed by atoms with van der Waals surface area (Å²) < 4.78 is 11.1. The van der Waals surface area contributed by atoms with Gasteiger partial charge < -0.3 is 19.2 Å². The van der Waals surface area contributed by atoms with Crippen molar-refractivity contribution < 1.29 is 23.8 Å². The van der Waals surface area contributed by atoms with E-state index in [-0.39, 0.29) is 17.9 Å². The second-order valence-electron chi connectivity index (χ2n) is 7.79. The molecule has 32 heavy (non-hydrogen) atoms. The molecule has 4 rings (SSSR count). The van der Waals surface area contributed by atoms with Crippen molar-refractivity contribution in [3.63, 3.8) is 0 Å². The molecule has 1 unspecified atom stereocenters. The molecule has 0 spiro atoms. The third-order valence-corrected chi connectivity index (χ3v) is 5.42. The molecule has 1 aliphatic rings. The summed E-state index contributed by atoms with van der Waals surface area (Å²) in [4.78, 5) is 27.5. The fourth-order valence-corrected chi connectivity index (χ4v) is 3.82. The zero-order valence-electron chi connectivity index (χ0n) is 18.1. The minimum Gasteiger partial charge on any atom is -0.507 e. The lowest BCUT2D eigenvalue weighted by Gasteiger charge is -2.24. The van der Waals surface area contributed by atoms with Crippen LogP contribution in [-0.2, 0) is 16.1 Å². The highest BCUT2D eigenvalue weighted by Crippen LogP contribution is 2.40. The van der Waals surface area contributed by atoms with Crippen LogP contribution in [0.3, 0.4) is 0 Å². The number of aliphatic hydroxyl groups is 1. The van der Waals surface area contributed by atoms with Crippen LogP contribution in [0.15, 0.2) is 76.9 Å². The Bertz CT molecular complexity index is 1150. The lowest BCUT2D eigenvalue weighted by molar-refractivity contribution is -0.140. The fraction of sp³-hybridized carbons (Fsp3) is 0.231. The molecule has 1 aliphatic heterocycles. The Balaban J connectivity index is 1.81. The molecular formula is C26H25NO5. The van der Waals surface area contributed by atoms with Crippen molar-refractivity contribution in [2.24, 2.45) is 0 Å². The number of hydrogen-bond donors (Lipinski definition) is 1. The SMILES string of the molecule is CCCOc1cccc(C(O)=C2C(=O)C(=O)N(Cc3ccco3)C2c2ccc(C)cc2)c1. The Hall–Kier alpha value is -3.80. The number of aryl methyl sites for hydroxylation is 1. The highest BCUT2D eigenvalue weighted by molar-refractivity contribution is 6.46. The first-order valence-electron chi connectivity index (χ1n) is 10.6. The predicted molar refractivity (Wildman–Crippen MR) is 120 cm³/mol. The van der Waals surface area contributed by atoms with Crippen LogP contribution < -0.4 is 4.74 Å². The molecule has 0 radical (unpaired) electrons. The summed E-state index contributed by atoms with van der Waals surface area (Å²) in [5, 5.41) is 11.2. The minimum atomic E-state index is -0.735. The summed E-state index contributed by atoms with van der Waals surface area (Å²) in [5.74, 6) is -0.476. The van der Waals surface area contributed by atoms with E-state index < -0.39 is 17.7 Å². The van der Waals surface area contributed by atoms with Crippen molar-refractivity contribution in [1.82, 2.24) is 4.90 Å². The maximum Gasteiger partial charge on any atom is 0.296 e. The molecule has 1 saturated heterocycles. The van der Waals surface area contributed by atoms with Crippen molar-refractivity contribution in [3.05, 3.63) is 95.0 Å². The summed E-state index contributed by atoms with van der Waals surface area (Å²) in [7, 11) is 0. The molecule has 2 aromatic carbocycles. The van der Waals surface area contributed by atoms with Crippen LogP contribution in [0.4, 0.5) is 0 Å². The molecule has 6 heteroatoms. The number of benzene rings is 2. The van der Waals surface area contributed by atoms with Crippen LogP contribution in [0.1, 0.15) is 41.8 Å². The Labute approximate surface area is 186 Å². The van der Waals surface area contributed by atoms with E-state index in [0.29, 0.717) is 23.7 Å². The van der Waals surface area contributed by atoms with Gasteiger partial charge in [0.15, 0.2) is 0 Å². The summed E-state index contributed by atoms with van der Waals surface area (Å²) in [5.41, 5.74) is 2.27. The van der Waals surface area contributed by atoms with Crippen LogP contribution in [0.2, 0.25) is 0 Å². The Morgan fingerprint density at radius 3 is 2.56 bits per heavy atom. The van der Waals surface area contributed by atoms with Gasteiger partial charge in [0.25, 0.3) is 11.7 Å². The normalized spacial score (nSPS) is 17.7. The van der Waals surface area contributed by atoms with Gasteiger partial charge in [-0.25, -0.2) is 0 Å². The maximum absolute atomic E-state index is 13.1. The summed E-state index contributed by atoms with van der Waals surface area (Å²) in [6, 6.07) is 17.2. The van der Waals surface area contributed by atoms with Gasteiger partial charge in [0, 0.05) is 5.56 Å². The molecule has 0 aliphatic carbocycles. The number of likely N-dealkylation sites (tertiary alicyclic amines) is 1. The molecule has 1 atom stereocenters. The molecule has 2 heterocycles. The maximum atomic E-state index is 13.1. The second kappa shape index (κ2) is 9.14. The van der Waals surface area contributed by atoms with Crippen LogP contribution in [0, 0.1) is 6.92 Å². The molecule has 0 saturated carbocycles. The van der Waals surface area contributed by atoms with E-state index in [9.17, 15) is 14.7 Å².